The number of rotatable bonds is 3. The summed E-state index contributed by atoms with van der Waals surface area (Å²) in [4.78, 5) is 4.79. The van der Waals surface area contributed by atoms with Gasteiger partial charge in [0.1, 0.15) is 5.82 Å². The molecular weight excluding hydrogens is 265 g/mol. The zero-order valence-corrected chi connectivity index (χ0v) is 12.9. The summed E-state index contributed by atoms with van der Waals surface area (Å²) in [6.07, 6.45) is 5.10. The number of anilines is 1. The first-order chi connectivity index (χ1) is 10.2. The molecule has 0 radical (unpaired) electrons. The number of likely N-dealkylation sites (tertiary alicyclic amines) is 1. The molecule has 0 aliphatic carbocycles. The standard InChI is InChI=1S/C17H26FN3/c1-13(19)15-6-5-7-16(18)17(15)21-11-8-14(12-21)20-9-3-2-4-10-20/h5-7,13-14H,2-4,8-12,19H2,1H3/t13-,14?/m0/s1. The quantitative estimate of drug-likeness (QED) is 0.929. The van der Waals surface area contributed by atoms with Crippen LogP contribution in [-0.4, -0.2) is 37.1 Å². The summed E-state index contributed by atoms with van der Waals surface area (Å²) >= 11 is 0. The van der Waals surface area contributed by atoms with Gasteiger partial charge in [-0.25, -0.2) is 4.39 Å². The Bertz CT molecular complexity index is 483. The number of hydrogen-bond acceptors (Lipinski definition) is 3. The SMILES string of the molecule is C[C@H](N)c1cccc(F)c1N1CCC(N2CCCCC2)C1. The molecule has 0 aromatic heterocycles. The van der Waals surface area contributed by atoms with E-state index in [0.29, 0.717) is 6.04 Å². The van der Waals surface area contributed by atoms with Crippen LogP contribution in [0.4, 0.5) is 10.1 Å². The molecule has 3 nitrogen and oxygen atoms in total. The van der Waals surface area contributed by atoms with Crippen LogP contribution >= 0.6 is 0 Å². The lowest BCUT2D eigenvalue weighted by atomic mass is 10.1. The summed E-state index contributed by atoms with van der Waals surface area (Å²) in [5.41, 5.74) is 7.68. The van der Waals surface area contributed by atoms with E-state index in [-0.39, 0.29) is 11.9 Å². The van der Waals surface area contributed by atoms with Gasteiger partial charge in [-0.1, -0.05) is 18.6 Å². The van der Waals surface area contributed by atoms with Crippen LogP contribution in [0.15, 0.2) is 18.2 Å². The van der Waals surface area contributed by atoms with Crippen molar-refractivity contribution in [2.75, 3.05) is 31.1 Å². The Morgan fingerprint density at radius 3 is 2.67 bits per heavy atom. The van der Waals surface area contributed by atoms with Gasteiger partial charge in [-0.05, 0) is 50.9 Å². The Balaban J connectivity index is 1.77. The van der Waals surface area contributed by atoms with Crippen LogP contribution in [0.25, 0.3) is 0 Å². The second-order valence-electron chi connectivity index (χ2n) is 6.45. The summed E-state index contributed by atoms with van der Waals surface area (Å²) in [6, 6.07) is 5.71. The third kappa shape index (κ3) is 3.06. The van der Waals surface area contributed by atoms with Crippen molar-refractivity contribution in [2.24, 2.45) is 5.73 Å². The number of nitrogens with two attached hydrogens (primary N) is 1. The fraction of sp³-hybridized carbons (Fsp3) is 0.647. The Morgan fingerprint density at radius 1 is 1.19 bits per heavy atom. The second kappa shape index (κ2) is 6.32. The molecule has 4 heteroatoms. The molecule has 2 heterocycles. The van der Waals surface area contributed by atoms with E-state index in [1.807, 2.05) is 13.0 Å². The highest BCUT2D eigenvalue weighted by molar-refractivity contribution is 5.57. The molecule has 1 unspecified atom stereocenters. The predicted molar refractivity (Wildman–Crippen MR) is 85.0 cm³/mol. The number of hydrogen-bond donors (Lipinski definition) is 1. The maximum atomic E-state index is 14.3. The van der Waals surface area contributed by atoms with Gasteiger partial charge < -0.3 is 10.6 Å². The highest BCUT2D eigenvalue weighted by Crippen LogP contribution is 2.32. The topological polar surface area (TPSA) is 32.5 Å². The first-order valence-electron chi connectivity index (χ1n) is 8.20. The van der Waals surface area contributed by atoms with Gasteiger partial charge in [0.05, 0.1) is 5.69 Å². The molecule has 0 spiro atoms. The van der Waals surface area contributed by atoms with E-state index in [1.54, 1.807) is 12.1 Å². The Hall–Kier alpha value is -1.13. The van der Waals surface area contributed by atoms with E-state index < -0.39 is 0 Å². The highest BCUT2D eigenvalue weighted by atomic mass is 19.1. The van der Waals surface area contributed by atoms with E-state index in [2.05, 4.69) is 9.80 Å². The molecule has 2 aliphatic rings. The number of para-hydroxylation sites is 1. The van der Waals surface area contributed by atoms with Crippen molar-refractivity contribution in [3.8, 4) is 0 Å². The van der Waals surface area contributed by atoms with Crippen molar-refractivity contribution in [3.63, 3.8) is 0 Å². The summed E-state index contributed by atoms with van der Waals surface area (Å²) in [5, 5.41) is 0. The number of nitrogens with zero attached hydrogens (tertiary/aromatic N) is 2. The number of benzene rings is 1. The first-order valence-corrected chi connectivity index (χ1v) is 8.20. The fourth-order valence-corrected chi connectivity index (χ4v) is 3.76. The maximum Gasteiger partial charge on any atom is 0.146 e. The third-order valence-electron chi connectivity index (χ3n) is 4.90. The van der Waals surface area contributed by atoms with Crippen LogP contribution in [0.1, 0.15) is 44.2 Å². The second-order valence-corrected chi connectivity index (χ2v) is 6.45. The average Bonchev–Trinajstić information content (AvgIpc) is 2.97. The number of piperidine rings is 1. The van der Waals surface area contributed by atoms with Crippen molar-refractivity contribution in [1.29, 1.82) is 0 Å². The largest absolute Gasteiger partial charge is 0.367 e. The minimum absolute atomic E-state index is 0.135. The highest BCUT2D eigenvalue weighted by Gasteiger charge is 2.31. The van der Waals surface area contributed by atoms with Crippen molar-refractivity contribution in [3.05, 3.63) is 29.6 Å². The molecule has 21 heavy (non-hydrogen) atoms. The van der Waals surface area contributed by atoms with Crippen molar-refractivity contribution < 1.29 is 4.39 Å². The van der Waals surface area contributed by atoms with Gasteiger partial charge >= 0.3 is 0 Å². The lowest BCUT2D eigenvalue weighted by Crippen LogP contribution is -2.41. The van der Waals surface area contributed by atoms with Crippen LogP contribution in [0.2, 0.25) is 0 Å². The van der Waals surface area contributed by atoms with E-state index in [0.717, 1.165) is 30.8 Å². The van der Waals surface area contributed by atoms with Crippen LogP contribution in [0, 0.1) is 5.82 Å². The average molecular weight is 291 g/mol. The fourth-order valence-electron chi connectivity index (χ4n) is 3.76. The lowest BCUT2D eigenvalue weighted by molar-refractivity contribution is 0.174. The first kappa shape index (κ1) is 14.8. The number of halogens is 1. The third-order valence-corrected chi connectivity index (χ3v) is 4.90. The van der Waals surface area contributed by atoms with Crippen molar-refractivity contribution in [1.82, 2.24) is 4.90 Å². The Kier molecular flexibility index (Phi) is 4.45. The zero-order chi connectivity index (χ0) is 14.8. The summed E-state index contributed by atoms with van der Waals surface area (Å²) in [7, 11) is 0. The molecule has 1 aromatic carbocycles. The van der Waals surface area contributed by atoms with Gasteiger partial charge in [0.25, 0.3) is 0 Å². The van der Waals surface area contributed by atoms with Gasteiger partial charge in [-0.3, -0.25) is 4.90 Å². The van der Waals surface area contributed by atoms with E-state index >= 15 is 0 Å². The van der Waals surface area contributed by atoms with E-state index in [9.17, 15) is 4.39 Å². The molecule has 2 atom stereocenters. The molecule has 2 N–H and O–H groups in total. The summed E-state index contributed by atoms with van der Waals surface area (Å²) in [6.45, 7) is 6.20. The van der Waals surface area contributed by atoms with E-state index in [1.165, 1.54) is 32.4 Å². The minimum Gasteiger partial charge on any atom is -0.367 e. The van der Waals surface area contributed by atoms with Gasteiger partial charge in [0.2, 0.25) is 0 Å². The summed E-state index contributed by atoms with van der Waals surface area (Å²) < 4.78 is 14.3. The lowest BCUT2D eigenvalue weighted by Gasteiger charge is -2.32. The summed E-state index contributed by atoms with van der Waals surface area (Å²) in [5.74, 6) is -0.135. The zero-order valence-electron chi connectivity index (χ0n) is 12.9. The van der Waals surface area contributed by atoms with E-state index in [4.69, 9.17) is 5.73 Å². The minimum atomic E-state index is -0.135. The van der Waals surface area contributed by atoms with Gasteiger partial charge in [-0.15, -0.1) is 0 Å². The van der Waals surface area contributed by atoms with Crippen LogP contribution in [0.3, 0.4) is 0 Å². The van der Waals surface area contributed by atoms with Gasteiger partial charge in [0, 0.05) is 25.2 Å². The molecule has 2 aliphatic heterocycles. The normalized spacial score (nSPS) is 25.3. The predicted octanol–water partition coefficient (Wildman–Crippen LogP) is 2.91. The molecule has 2 saturated heterocycles. The van der Waals surface area contributed by atoms with Gasteiger partial charge in [0.15, 0.2) is 0 Å². The molecule has 0 saturated carbocycles. The molecule has 116 valence electrons. The molecule has 3 rings (SSSR count). The van der Waals surface area contributed by atoms with Crippen molar-refractivity contribution in [2.45, 2.75) is 44.7 Å². The van der Waals surface area contributed by atoms with Gasteiger partial charge in [-0.2, -0.15) is 0 Å². The Morgan fingerprint density at radius 2 is 1.95 bits per heavy atom. The molecule has 1 aromatic rings. The molecule has 0 bridgehead atoms. The molecular formula is C17H26FN3. The Labute approximate surface area is 126 Å². The van der Waals surface area contributed by atoms with Crippen LogP contribution < -0.4 is 10.6 Å². The van der Waals surface area contributed by atoms with Crippen LogP contribution in [0.5, 0.6) is 0 Å². The van der Waals surface area contributed by atoms with Crippen LogP contribution in [-0.2, 0) is 0 Å². The van der Waals surface area contributed by atoms with Crippen molar-refractivity contribution >= 4 is 5.69 Å². The monoisotopic (exact) mass is 291 g/mol. The molecule has 2 fully saturated rings. The molecule has 0 amide bonds. The maximum absolute atomic E-state index is 14.3. The smallest absolute Gasteiger partial charge is 0.146 e.